The minimum absolute atomic E-state index is 0. The molecule has 2 aliphatic rings. The molecule has 10 heavy (non-hydrogen) atoms. The molecule has 0 spiro atoms. The molecule has 0 saturated heterocycles. The van der Waals surface area contributed by atoms with Gasteiger partial charge in [-0.05, 0) is 5.41 Å². The first-order valence-corrected chi connectivity index (χ1v) is 3.49. The minimum Gasteiger partial charge on any atom is -0.325 e. The second-order valence-corrected chi connectivity index (χ2v) is 2.63. The fourth-order valence-electron chi connectivity index (χ4n) is 0.848. The normalized spacial score (nSPS) is 19.2. The van der Waals surface area contributed by atoms with E-state index < -0.39 is 0 Å². The van der Waals surface area contributed by atoms with Crippen molar-refractivity contribution in [2.75, 3.05) is 13.1 Å². The molecule has 2 aliphatic heterocycles. The number of aliphatic imine (C=N–C) groups is 1. The van der Waals surface area contributed by atoms with Crippen molar-refractivity contribution in [2.45, 2.75) is 0 Å². The highest BCUT2D eigenvalue weighted by Gasteiger charge is 2.17. The van der Waals surface area contributed by atoms with Crippen molar-refractivity contribution < 1.29 is 0 Å². The smallest absolute Gasteiger partial charge is 0.167 e. The maximum absolute atomic E-state index is 4.24. The SMILES string of the molecule is C1=CN2CCN=C2S1.Cl.Cl. The lowest BCUT2D eigenvalue weighted by molar-refractivity contribution is 0.625. The maximum Gasteiger partial charge on any atom is 0.167 e. The van der Waals surface area contributed by atoms with Gasteiger partial charge in [-0.1, -0.05) is 11.8 Å². The molecule has 0 aromatic rings. The van der Waals surface area contributed by atoms with Crippen LogP contribution in [-0.2, 0) is 0 Å². The van der Waals surface area contributed by atoms with Gasteiger partial charge in [-0.3, -0.25) is 4.99 Å². The highest BCUT2D eigenvalue weighted by molar-refractivity contribution is 8.16. The number of nitrogens with zero attached hydrogens (tertiary/aromatic N) is 2. The van der Waals surface area contributed by atoms with Gasteiger partial charge in [0, 0.05) is 12.7 Å². The van der Waals surface area contributed by atoms with E-state index in [-0.39, 0.29) is 24.8 Å². The van der Waals surface area contributed by atoms with Gasteiger partial charge >= 0.3 is 0 Å². The van der Waals surface area contributed by atoms with Crippen LogP contribution >= 0.6 is 36.6 Å². The maximum atomic E-state index is 4.24. The molecular weight excluding hydrogens is 191 g/mol. The summed E-state index contributed by atoms with van der Waals surface area (Å²) in [6.45, 7) is 2.06. The number of amidine groups is 1. The molecule has 0 saturated carbocycles. The summed E-state index contributed by atoms with van der Waals surface area (Å²) in [7, 11) is 0. The molecule has 0 N–H and O–H groups in total. The lowest BCUT2D eigenvalue weighted by Gasteiger charge is -2.04. The Morgan fingerprint density at radius 1 is 1.50 bits per heavy atom. The molecule has 0 amide bonds. The molecule has 0 bridgehead atoms. The van der Waals surface area contributed by atoms with Crippen LogP contribution in [0.3, 0.4) is 0 Å². The zero-order valence-corrected chi connectivity index (χ0v) is 7.64. The number of rotatable bonds is 0. The number of hydrogen-bond donors (Lipinski definition) is 0. The Kier molecular flexibility index (Phi) is 4.17. The lowest BCUT2D eigenvalue weighted by atomic mass is 10.6. The molecule has 0 aliphatic carbocycles. The summed E-state index contributed by atoms with van der Waals surface area (Å²) in [5, 5.41) is 3.24. The summed E-state index contributed by atoms with van der Waals surface area (Å²) < 4.78 is 0. The van der Waals surface area contributed by atoms with Gasteiger partial charge in [0.15, 0.2) is 5.17 Å². The molecular formula is C5H8Cl2N2S. The van der Waals surface area contributed by atoms with Gasteiger partial charge < -0.3 is 4.90 Å². The topological polar surface area (TPSA) is 15.6 Å². The molecule has 2 nitrogen and oxygen atoms in total. The van der Waals surface area contributed by atoms with Crippen LogP contribution in [0.15, 0.2) is 16.6 Å². The molecule has 0 fully saturated rings. The van der Waals surface area contributed by atoms with Gasteiger partial charge in [0.2, 0.25) is 0 Å². The van der Waals surface area contributed by atoms with Gasteiger partial charge in [-0.2, -0.15) is 0 Å². The van der Waals surface area contributed by atoms with E-state index in [1.165, 1.54) is 5.17 Å². The summed E-state index contributed by atoms with van der Waals surface area (Å²) >= 11 is 1.71. The number of thioether (sulfide) groups is 1. The van der Waals surface area contributed by atoms with Crippen molar-refractivity contribution in [2.24, 2.45) is 4.99 Å². The molecule has 0 unspecified atom stereocenters. The van der Waals surface area contributed by atoms with E-state index in [1.54, 1.807) is 11.8 Å². The summed E-state index contributed by atoms with van der Waals surface area (Å²) in [5.74, 6) is 0. The average Bonchev–Trinajstić information content (AvgIpc) is 2.15. The molecule has 58 valence electrons. The fraction of sp³-hybridized carbons (Fsp3) is 0.400. The van der Waals surface area contributed by atoms with Crippen LogP contribution in [0.5, 0.6) is 0 Å². The second kappa shape index (κ2) is 4.11. The van der Waals surface area contributed by atoms with Crippen molar-refractivity contribution in [1.29, 1.82) is 0 Å². The molecule has 5 heteroatoms. The molecule has 0 radical (unpaired) electrons. The van der Waals surface area contributed by atoms with E-state index in [1.807, 2.05) is 0 Å². The number of fused-ring (bicyclic) bond motifs is 1. The van der Waals surface area contributed by atoms with Crippen molar-refractivity contribution in [3.8, 4) is 0 Å². The van der Waals surface area contributed by atoms with E-state index in [2.05, 4.69) is 21.5 Å². The van der Waals surface area contributed by atoms with Gasteiger partial charge in [0.1, 0.15) is 0 Å². The Labute approximate surface area is 76.6 Å². The van der Waals surface area contributed by atoms with Crippen LogP contribution in [0.25, 0.3) is 0 Å². The van der Waals surface area contributed by atoms with Gasteiger partial charge in [-0.25, -0.2) is 0 Å². The molecule has 0 aromatic heterocycles. The first-order valence-electron chi connectivity index (χ1n) is 2.61. The van der Waals surface area contributed by atoms with Crippen molar-refractivity contribution in [1.82, 2.24) is 4.90 Å². The van der Waals surface area contributed by atoms with Gasteiger partial charge in [0.05, 0.1) is 6.54 Å². The molecule has 2 heterocycles. The Bertz CT molecular complexity index is 169. The molecule has 0 aromatic carbocycles. The average molecular weight is 199 g/mol. The highest BCUT2D eigenvalue weighted by Crippen LogP contribution is 2.21. The van der Waals surface area contributed by atoms with E-state index >= 15 is 0 Å². The van der Waals surface area contributed by atoms with E-state index in [9.17, 15) is 0 Å². The summed E-state index contributed by atoms with van der Waals surface area (Å²) in [5.41, 5.74) is 0. The number of halogens is 2. The third-order valence-corrected chi connectivity index (χ3v) is 2.08. The van der Waals surface area contributed by atoms with E-state index in [0.717, 1.165) is 13.1 Å². The standard InChI is InChI=1S/C5H6N2S.2ClH/c1-2-7-3-4-8-5(7)6-1;;/h3-4H,1-2H2;2*1H. The Morgan fingerprint density at radius 3 is 3.00 bits per heavy atom. The van der Waals surface area contributed by atoms with Crippen LogP contribution in [-0.4, -0.2) is 23.2 Å². The lowest BCUT2D eigenvalue weighted by Crippen LogP contribution is -2.14. The predicted molar refractivity (Wildman–Crippen MR) is 50.2 cm³/mol. The Balaban J connectivity index is 0.000000405. The summed E-state index contributed by atoms with van der Waals surface area (Å²) in [4.78, 5) is 6.41. The van der Waals surface area contributed by atoms with Crippen LogP contribution in [0, 0.1) is 0 Å². The molecule has 0 atom stereocenters. The van der Waals surface area contributed by atoms with E-state index in [0.29, 0.717) is 0 Å². The summed E-state index contributed by atoms with van der Waals surface area (Å²) in [6.07, 6.45) is 2.08. The second-order valence-electron chi connectivity index (χ2n) is 1.76. The van der Waals surface area contributed by atoms with Gasteiger partial charge in [0.25, 0.3) is 0 Å². The first-order chi connectivity index (χ1) is 3.97. The highest BCUT2D eigenvalue weighted by atomic mass is 35.5. The quantitative estimate of drug-likeness (QED) is 0.590. The largest absolute Gasteiger partial charge is 0.325 e. The Morgan fingerprint density at radius 2 is 2.30 bits per heavy atom. The minimum atomic E-state index is 0. The van der Waals surface area contributed by atoms with Crippen LogP contribution in [0.4, 0.5) is 0 Å². The van der Waals surface area contributed by atoms with Crippen molar-refractivity contribution in [3.05, 3.63) is 11.6 Å². The third-order valence-electron chi connectivity index (χ3n) is 1.25. The van der Waals surface area contributed by atoms with Crippen molar-refractivity contribution in [3.63, 3.8) is 0 Å². The zero-order chi connectivity index (χ0) is 5.40. The fourth-order valence-corrected chi connectivity index (χ4v) is 1.63. The van der Waals surface area contributed by atoms with Gasteiger partial charge in [-0.15, -0.1) is 24.8 Å². The monoisotopic (exact) mass is 198 g/mol. The predicted octanol–water partition coefficient (Wildman–Crippen LogP) is 1.72. The van der Waals surface area contributed by atoms with Crippen molar-refractivity contribution >= 4 is 41.7 Å². The zero-order valence-electron chi connectivity index (χ0n) is 5.19. The first kappa shape index (κ1) is 10.1. The molecule has 2 rings (SSSR count). The van der Waals surface area contributed by atoms with Crippen LogP contribution in [0.2, 0.25) is 0 Å². The number of hydrogen-bond acceptors (Lipinski definition) is 3. The summed E-state index contributed by atoms with van der Waals surface area (Å²) in [6, 6.07) is 0. The third kappa shape index (κ3) is 1.59. The van der Waals surface area contributed by atoms with Crippen LogP contribution in [0.1, 0.15) is 0 Å². The Hall–Kier alpha value is 0.140. The van der Waals surface area contributed by atoms with E-state index in [4.69, 9.17) is 0 Å². The van der Waals surface area contributed by atoms with Crippen LogP contribution < -0.4 is 0 Å².